The highest BCUT2D eigenvalue weighted by atomic mass is 15.2. The molecule has 0 spiro atoms. The lowest BCUT2D eigenvalue weighted by Gasteiger charge is -2.36. The van der Waals surface area contributed by atoms with Crippen molar-refractivity contribution in [3.8, 4) is 22.3 Å². The number of aromatic nitrogens is 1. The fraction of sp³-hybridized carbons (Fsp3) is 0.176. The molecule has 4 aliphatic rings. The number of fused-ring (bicyclic) bond motifs is 5. The van der Waals surface area contributed by atoms with Crippen LogP contribution < -0.4 is 4.90 Å². The summed E-state index contributed by atoms with van der Waals surface area (Å²) in [7, 11) is 0. The minimum atomic E-state index is 0.0445. The zero-order valence-electron chi connectivity index (χ0n) is 30.6. The van der Waals surface area contributed by atoms with Crippen LogP contribution in [0.2, 0.25) is 0 Å². The van der Waals surface area contributed by atoms with E-state index in [9.17, 15) is 0 Å². The molecule has 0 amide bonds. The van der Waals surface area contributed by atoms with E-state index >= 15 is 0 Å². The highest BCUT2D eigenvalue weighted by molar-refractivity contribution is 6.11. The highest BCUT2D eigenvalue weighted by Gasteiger charge is 2.42. The van der Waals surface area contributed by atoms with E-state index in [0.29, 0.717) is 0 Å². The summed E-state index contributed by atoms with van der Waals surface area (Å²) in [6.07, 6.45) is 22.2. The van der Waals surface area contributed by atoms with Crippen LogP contribution in [0.4, 0.5) is 11.4 Å². The first-order valence-electron chi connectivity index (χ1n) is 19.3. The Morgan fingerprint density at radius 1 is 0.604 bits per heavy atom. The van der Waals surface area contributed by atoms with E-state index in [4.69, 9.17) is 0 Å². The Labute approximate surface area is 313 Å². The first-order valence-corrected chi connectivity index (χ1v) is 19.3. The van der Waals surface area contributed by atoms with E-state index < -0.39 is 0 Å². The molecule has 0 saturated heterocycles. The Hall–Kier alpha value is -5.86. The van der Waals surface area contributed by atoms with Crippen molar-refractivity contribution in [1.29, 1.82) is 0 Å². The molecule has 10 rings (SSSR count). The molecule has 258 valence electrons. The van der Waals surface area contributed by atoms with Gasteiger partial charge in [0.15, 0.2) is 0 Å². The topological polar surface area (TPSA) is 8.17 Å². The molecule has 0 aliphatic heterocycles. The summed E-state index contributed by atoms with van der Waals surface area (Å²) in [5.41, 5.74) is 17.2. The molecule has 5 aromatic carbocycles. The third-order valence-electron chi connectivity index (χ3n) is 12.1. The van der Waals surface area contributed by atoms with E-state index in [2.05, 4.69) is 187 Å². The molecule has 0 bridgehead atoms. The molecule has 1 aromatic heterocycles. The van der Waals surface area contributed by atoms with Crippen molar-refractivity contribution in [2.45, 2.75) is 52.0 Å². The number of allylic oxidation sites excluding steroid dienone is 10. The molecule has 6 aromatic rings. The maximum atomic E-state index is 2.58. The van der Waals surface area contributed by atoms with Gasteiger partial charge in [-0.3, -0.25) is 0 Å². The van der Waals surface area contributed by atoms with Crippen LogP contribution in [0.25, 0.3) is 49.8 Å². The zero-order chi connectivity index (χ0) is 35.5. The zero-order valence-corrected chi connectivity index (χ0v) is 30.6. The number of anilines is 2. The summed E-state index contributed by atoms with van der Waals surface area (Å²) in [6, 6.07) is 45.2. The average molecular weight is 685 g/mol. The standard InChI is InChI=1S/C51H44N2/c1-51(2)47-19-11-9-17-43(47)44-31-30-42(34-48(44)51)52(40-26-21-36(22-27-40)35-13-5-3-6-14-35)41-28-23-37(24-29-41)38-25-32-50-46(33-38)45-18-10-12-20-49(45)53(50)39-15-7-4-8-16-39/h3,5-7,9-10,12-18,20-29,31-34,42H,4,8,11,19,30H2,1-2H3. The molecule has 2 heteroatoms. The number of benzene rings is 5. The van der Waals surface area contributed by atoms with Crippen LogP contribution in [0.1, 0.15) is 46.0 Å². The first-order chi connectivity index (χ1) is 26.0. The number of nitrogens with zero attached hydrogens (tertiary/aromatic N) is 2. The molecule has 53 heavy (non-hydrogen) atoms. The summed E-state index contributed by atoms with van der Waals surface area (Å²) < 4.78 is 2.43. The van der Waals surface area contributed by atoms with Gasteiger partial charge in [-0.1, -0.05) is 135 Å². The molecular weight excluding hydrogens is 641 g/mol. The number of hydrogen-bond acceptors (Lipinski definition) is 1. The Morgan fingerprint density at radius 3 is 2.02 bits per heavy atom. The van der Waals surface area contributed by atoms with Crippen LogP contribution in [0, 0.1) is 5.41 Å². The van der Waals surface area contributed by atoms with E-state index in [1.54, 1.807) is 5.57 Å². The molecule has 0 N–H and O–H groups in total. The third kappa shape index (κ3) is 5.31. The normalized spacial score (nSPS) is 18.8. The Bertz CT molecular complexity index is 2580. The van der Waals surface area contributed by atoms with Crippen molar-refractivity contribution < 1.29 is 0 Å². The van der Waals surface area contributed by atoms with Crippen molar-refractivity contribution in [3.05, 3.63) is 186 Å². The summed E-state index contributed by atoms with van der Waals surface area (Å²) in [6.45, 7) is 4.86. The van der Waals surface area contributed by atoms with E-state index in [1.807, 2.05) is 0 Å². The second-order valence-electron chi connectivity index (χ2n) is 15.5. The fourth-order valence-electron chi connectivity index (χ4n) is 9.39. The van der Waals surface area contributed by atoms with Gasteiger partial charge in [0, 0.05) is 33.3 Å². The van der Waals surface area contributed by atoms with Crippen LogP contribution >= 0.6 is 0 Å². The summed E-state index contributed by atoms with van der Waals surface area (Å²) in [4.78, 5) is 2.56. The van der Waals surface area contributed by atoms with Crippen molar-refractivity contribution in [1.82, 2.24) is 4.57 Å². The van der Waals surface area contributed by atoms with Crippen LogP contribution in [-0.4, -0.2) is 10.6 Å². The largest absolute Gasteiger partial charge is 0.334 e. The number of rotatable bonds is 6. The lowest BCUT2D eigenvalue weighted by Crippen LogP contribution is -2.32. The first kappa shape index (κ1) is 31.8. The SMILES string of the molecule is CC1(C)C2=CC(N(c3ccc(-c4ccccc4)cc3)c3ccc(-c4ccc5c(c4)c4ccccc4n5C4=CCCC=C4)cc3)CC=C2C2=C1CCC=C2. The van der Waals surface area contributed by atoms with E-state index in [1.165, 1.54) is 77.9 Å². The minimum absolute atomic E-state index is 0.0445. The van der Waals surface area contributed by atoms with Crippen LogP contribution in [0.15, 0.2) is 186 Å². The molecule has 0 fully saturated rings. The van der Waals surface area contributed by atoms with Gasteiger partial charge in [0.2, 0.25) is 0 Å². The second-order valence-corrected chi connectivity index (χ2v) is 15.5. The maximum Gasteiger partial charge on any atom is 0.0563 e. The highest BCUT2D eigenvalue weighted by Crippen LogP contribution is 2.55. The molecule has 0 radical (unpaired) electrons. The predicted octanol–water partition coefficient (Wildman–Crippen LogP) is 13.8. The van der Waals surface area contributed by atoms with Crippen LogP contribution in [0.5, 0.6) is 0 Å². The van der Waals surface area contributed by atoms with E-state index in [0.717, 1.165) is 32.1 Å². The Balaban J connectivity index is 1.04. The summed E-state index contributed by atoms with van der Waals surface area (Å²) in [5.74, 6) is 0. The van der Waals surface area contributed by atoms with Crippen molar-refractivity contribution in [2.24, 2.45) is 5.41 Å². The van der Waals surface area contributed by atoms with Gasteiger partial charge in [0.25, 0.3) is 0 Å². The van der Waals surface area contributed by atoms with Gasteiger partial charge >= 0.3 is 0 Å². The number of hydrogen-bond donors (Lipinski definition) is 0. The summed E-state index contributed by atoms with van der Waals surface area (Å²) >= 11 is 0. The molecule has 0 saturated carbocycles. The minimum Gasteiger partial charge on any atom is -0.334 e. The molecule has 4 aliphatic carbocycles. The molecule has 1 atom stereocenters. The van der Waals surface area contributed by atoms with Gasteiger partial charge in [0.05, 0.1) is 17.1 Å². The van der Waals surface area contributed by atoms with Gasteiger partial charge in [0.1, 0.15) is 0 Å². The average Bonchev–Trinajstić information content (AvgIpc) is 3.67. The monoisotopic (exact) mass is 684 g/mol. The van der Waals surface area contributed by atoms with Crippen molar-refractivity contribution >= 4 is 38.9 Å². The Morgan fingerprint density at radius 2 is 1.26 bits per heavy atom. The van der Waals surface area contributed by atoms with E-state index in [-0.39, 0.29) is 11.5 Å². The second kappa shape index (κ2) is 12.7. The van der Waals surface area contributed by atoms with Gasteiger partial charge in [-0.15, -0.1) is 0 Å². The van der Waals surface area contributed by atoms with Crippen LogP contribution in [0.3, 0.4) is 0 Å². The molecule has 2 nitrogen and oxygen atoms in total. The van der Waals surface area contributed by atoms with Crippen molar-refractivity contribution in [3.63, 3.8) is 0 Å². The van der Waals surface area contributed by atoms with Gasteiger partial charge < -0.3 is 9.47 Å². The summed E-state index contributed by atoms with van der Waals surface area (Å²) in [5, 5.41) is 2.59. The smallest absolute Gasteiger partial charge is 0.0563 e. The fourth-order valence-corrected chi connectivity index (χ4v) is 9.39. The van der Waals surface area contributed by atoms with Crippen molar-refractivity contribution in [2.75, 3.05) is 4.90 Å². The lowest BCUT2D eigenvalue weighted by molar-refractivity contribution is 0.531. The third-order valence-corrected chi connectivity index (χ3v) is 12.1. The van der Waals surface area contributed by atoms with Crippen LogP contribution in [-0.2, 0) is 0 Å². The molecule has 1 unspecified atom stereocenters. The molecule has 1 heterocycles. The predicted molar refractivity (Wildman–Crippen MR) is 225 cm³/mol. The Kier molecular flexibility index (Phi) is 7.61. The quantitative estimate of drug-likeness (QED) is 0.170. The van der Waals surface area contributed by atoms with Gasteiger partial charge in [-0.05, 0) is 120 Å². The number of para-hydroxylation sites is 1. The lowest BCUT2D eigenvalue weighted by atomic mass is 9.76. The maximum absolute atomic E-state index is 2.58. The van der Waals surface area contributed by atoms with Gasteiger partial charge in [-0.25, -0.2) is 0 Å². The molecular formula is C51H44N2. The van der Waals surface area contributed by atoms with Gasteiger partial charge in [-0.2, -0.15) is 0 Å².